The Balaban J connectivity index is 2.73. The minimum Gasteiger partial charge on any atom is -0.329 e. The fourth-order valence-corrected chi connectivity index (χ4v) is 1.68. The molecule has 0 heterocycles. The van der Waals surface area contributed by atoms with Crippen LogP contribution in [0.4, 0.5) is 0 Å². The minimum atomic E-state index is 0.221. The molecule has 0 bridgehead atoms. The highest BCUT2D eigenvalue weighted by molar-refractivity contribution is 5.27. The van der Waals surface area contributed by atoms with Crippen molar-refractivity contribution in [3.8, 4) is 0 Å². The van der Waals surface area contributed by atoms with Crippen LogP contribution in [0.15, 0.2) is 36.9 Å². The van der Waals surface area contributed by atoms with Crippen molar-refractivity contribution in [2.24, 2.45) is 5.73 Å². The zero-order valence-electron chi connectivity index (χ0n) is 10.2. The number of benzene rings is 1. The molecule has 0 spiro atoms. The molecular formula is C14H22N2. The minimum absolute atomic E-state index is 0.221. The quantitative estimate of drug-likeness (QED) is 0.720. The van der Waals surface area contributed by atoms with Crippen molar-refractivity contribution < 1.29 is 0 Å². The smallest absolute Gasteiger partial charge is 0.0446 e. The fourth-order valence-electron chi connectivity index (χ4n) is 1.68. The molecule has 0 saturated carbocycles. The van der Waals surface area contributed by atoms with E-state index in [-0.39, 0.29) is 6.04 Å². The monoisotopic (exact) mass is 218 g/mol. The summed E-state index contributed by atoms with van der Waals surface area (Å²) >= 11 is 0. The Kier molecular flexibility index (Phi) is 5.23. The van der Waals surface area contributed by atoms with Gasteiger partial charge in [-0.15, -0.1) is 6.58 Å². The van der Waals surface area contributed by atoms with Crippen LogP contribution in [0.3, 0.4) is 0 Å². The van der Waals surface area contributed by atoms with Gasteiger partial charge in [-0.25, -0.2) is 0 Å². The first-order valence-corrected chi connectivity index (χ1v) is 5.83. The lowest BCUT2D eigenvalue weighted by atomic mass is 9.99. The van der Waals surface area contributed by atoms with Gasteiger partial charge < -0.3 is 11.1 Å². The highest BCUT2D eigenvalue weighted by Gasteiger charge is 2.08. The lowest BCUT2D eigenvalue weighted by molar-refractivity contribution is 0.577. The fraction of sp³-hybridized carbons (Fsp3) is 0.429. The maximum Gasteiger partial charge on any atom is 0.0446 e. The first-order chi connectivity index (χ1) is 7.69. The first kappa shape index (κ1) is 12.9. The largest absolute Gasteiger partial charge is 0.329 e. The molecule has 1 aromatic rings. The molecular weight excluding hydrogens is 196 g/mol. The van der Waals surface area contributed by atoms with E-state index >= 15 is 0 Å². The molecule has 1 rings (SSSR count). The molecule has 2 heteroatoms. The van der Waals surface area contributed by atoms with Crippen molar-refractivity contribution in [2.45, 2.75) is 25.8 Å². The lowest BCUT2D eigenvalue weighted by Gasteiger charge is -2.17. The molecule has 0 aromatic heterocycles. The molecule has 1 atom stereocenters. The Morgan fingerprint density at radius 1 is 1.25 bits per heavy atom. The van der Waals surface area contributed by atoms with Crippen molar-refractivity contribution in [2.75, 3.05) is 13.1 Å². The molecule has 3 N–H and O–H groups in total. The summed E-state index contributed by atoms with van der Waals surface area (Å²) < 4.78 is 0. The number of nitrogens with one attached hydrogen (secondary N) is 1. The molecule has 0 aliphatic carbocycles. The van der Waals surface area contributed by atoms with Crippen LogP contribution in [-0.4, -0.2) is 13.1 Å². The molecule has 2 nitrogen and oxygen atoms in total. The highest BCUT2D eigenvalue weighted by atomic mass is 14.9. The molecule has 1 unspecified atom stereocenters. The van der Waals surface area contributed by atoms with E-state index in [0.29, 0.717) is 12.5 Å². The van der Waals surface area contributed by atoms with Gasteiger partial charge in [-0.3, -0.25) is 0 Å². The average molecular weight is 218 g/mol. The van der Waals surface area contributed by atoms with Crippen LogP contribution in [0, 0.1) is 0 Å². The highest BCUT2D eigenvalue weighted by Crippen LogP contribution is 2.18. The van der Waals surface area contributed by atoms with E-state index in [9.17, 15) is 0 Å². The topological polar surface area (TPSA) is 38.0 Å². The van der Waals surface area contributed by atoms with Gasteiger partial charge in [-0.1, -0.05) is 44.2 Å². The van der Waals surface area contributed by atoms with Crippen LogP contribution >= 0.6 is 0 Å². The molecule has 0 aliphatic rings. The summed E-state index contributed by atoms with van der Waals surface area (Å²) in [7, 11) is 0. The predicted molar refractivity (Wildman–Crippen MR) is 70.5 cm³/mol. The Labute approximate surface area is 98.6 Å². The predicted octanol–water partition coefficient (Wildman–Crippen LogP) is 2.59. The Hall–Kier alpha value is -1.12. The number of rotatable bonds is 6. The summed E-state index contributed by atoms with van der Waals surface area (Å²) in [6.07, 6.45) is 1.85. The van der Waals surface area contributed by atoms with Crippen molar-refractivity contribution >= 4 is 0 Å². The van der Waals surface area contributed by atoms with Crippen molar-refractivity contribution in [3.05, 3.63) is 48.0 Å². The van der Waals surface area contributed by atoms with Crippen LogP contribution in [0.5, 0.6) is 0 Å². The summed E-state index contributed by atoms with van der Waals surface area (Å²) in [4.78, 5) is 0. The second-order valence-electron chi connectivity index (χ2n) is 4.31. The maximum absolute atomic E-state index is 5.75. The van der Waals surface area contributed by atoms with Crippen LogP contribution in [0.25, 0.3) is 0 Å². The van der Waals surface area contributed by atoms with Gasteiger partial charge >= 0.3 is 0 Å². The van der Waals surface area contributed by atoms with Crippen LogP contribution in [0.2, 0.25) is 0 Å². The van der Waals surface area contributed by atoms with E-state index in [4.69, 9.17) is 5.73 Å². The summed E-state index contributed by atoms with van der Waals surface area (Å²) in [6.45, 7) is 9.49. The van der Waals surface area contributed by atoms with Gasteiger partial charge in [0.25, 0.3) is 0 Å². The second-order valence-corrected chi connectivity index (χ2v) is 4.31. The molecule has 0 radical (unpaired) electrons. The first-order valence-electron chi connectivity index (χ1n) is 5.83. The van der Waals surface area contributed by atoms with Gasteiger partial charge in [0.15, 0.2) is 0 Å². The van der Waals surface area contributed by atoms with Crippen molar-refractivity contribution in [1.29, 1.82) is 0 Å². The van der Waals surface area contributed by atoms with Crippen LogP contribution in [-0.2, 0) is 0 Å². The lowest BCUT2D eigenvalue weighted by Crippen LogP contribution is -2.28. The molecule has 0 amide bonds. The number of hydrogen-bond acceptors (Lipinski definition) is 2. The standard InChI is InChI=1S/C14H22N2/c1-4-9-16-14(10-15)13-7-5-12(6-8-13)11(2)3/h4-8,11,14,16H,1,9-10,15H2,2-3H3. The van der Waals surface area contributed by atoms with Gasteiger partial charge in [0, 0.05) is 19.1 Å². The van der Waals surface area contributed by atoms with Gasteiger partial charge in [-0.05, 0) is 17.0 Å². The van der Waals surface area contributed by atoms with Crippen molar-refractivity contribution in [3.63, 3.8) is 0 Å². The molecule has 0 aliphatic heterocycles. The third kappa shape index (κ3) is 3.47. The summed E-state index contributed by atoms with van der Waals surface area (Å²) in [5, 5.41) is 3.34. The third-order valence-corrected chi connectivity index (χ3v) is 2.75. The van der Waals surface area contributed by atoms with Crippen LogP contribution in [0.1, 0.15) is 36.9 Å². The Morgan fingerprint density at radius 3 is 2.25 bits per heavy atom. The Bertz CT molecular complexity index is 314. The zero-order valence-corrected chi connectivity index (χ0v) is 10.2. The maximum atomic E-state index is 5.75. The van der Waals surface area contributed by atoms with Gasteiger partial charge in [0.2, 0.25) is 0 Å². The van der Waals surface area contributed by atoms with E-state index in [1.807, 2.05) is 6.08 Å². The number of hydrogen-bond donors (Lipinski definition) is 2. The van der Waals surface area contributed by atoms with Gasteiger partial charge in [0.1, 0.15) is 0 Å². The van der Waals surface area contributed by atoms with E-state index in [1.165, 1.54) is 11.1 Å². The summed E-state index contributed by atoms with van der Waals surface area (Å²) in [5.41, 5.74) is 8.35. The summed E-state index contributed by atoms with van der Waals surface area (Å²) in [6, 6.07) is 8.89. The van der Waals surface area contributed by atoms with E-state index in [0.717, 1.165) is 6.54 Å². The molecule has 0 saturated heterocycles. The SMILES string of the molecule is C=CCNC(CN)c1ccc(C(C)C)cc1. The molecule has 88 valence electrons. The number of nitrogens with two attached hydrogens (primary N) is 1. The van der Waals surface area contributed by atoms with Gasteiger partial charge in [-0.2, -0.15) is 0 Å². The third-order valence-electron chi connectivity index (χ3n) is 2.75. The van der Waals surface area contributed by atoms with Crippen LogP contribution < -0.4 is 11.1 Å². The zero-order chi connectivity index (χ0) is 12.0. The van der Waals surface area contributed by atoms with Gasteiger partial charge in [0.05, 0.1) is 0 Å². The van der Waals surface area contributed by atoms with E-state index in [2.05, 4.69) is 50.0 Å². The normalized spacial score (nSPS) is 12.8. The van der Waals surface area contributed by atoms with E-state index in [1.54, 1.807) is 0 Å². The average Bonchev–Trinajstić information content (AvgIpc) is 2.30. The van der Waals surface area contributed by atoms with E-state index < -0.39 is 0 Å². The second kappa shape index (κ2) is 6.46. The van der Waals surface area contributed by atoms with Crippen molar-refractivity contribution in [1.82, 2.24) is 5.32 Å². The molecule has 0 fully saturated rings. The molecule has 16 heavy (non-hydrogen) atoms. The molecule has 1 aromatic carbocycles. The summed E-state index contributed by atoms with van der Waals surface area (Å²) in [5.74, 6) is 0.575. The Morgan fingerprint density at radius 2 is 1.81 bits per heavy atom.